The van der Waals surface area contributed by atoms with Crippen molar-refractivity contribution in [2.75, 3.05) is 11.1 Å². The Morgan fingerprint density at radius 3 is 2.58 bits per heavy atom. The first-order valence-corrected chi connectivity index (χ1v) is 6.70. The van der Waals surface area contributed by atoms with Gasteiger partial charge in [-0.1, -0.05) is 6.07 Å². The topological polar surface area (TPSA) is 55.1 Å². The molecule has 19 heavy (non-hydrogen) atoms. The highest BCUT2D eigenvalue weighted by molar-refractivity contribution is 9.10. The molecule has 0 fully saturated rings. The molecule has 98 valence electrons. The van der Waals surface area contributed by atoms with Crippen molar-refractivity contribution in [2.24, 2.45) is 0 Å². The number of nitrogens with one attached hydrogen (secondary N) is 1. The van der Waals surface area contributed by atoms with Gasteiger partial charge in [0.2, 0.25) is 0 Å². The maximum absolute atomic E-state index is 11.3. The summed E-state index contributed by atoms with van der Waals surface area (Å²) in [6.07, 6.45) is 0. The van der Waals surface area contributed by atoms with Crippen molar-refractivity contribution < 1.29 is 4.79 Å². The van der Waals surface area contributed by atoms with E-state index < -0.39 is 0 Å². The van der Waals surface area contributed by atoms with Crippen LogP contribution in [0.25, 0.3) is 0 Å². The number of nitrogen functional groups attached to an aromatic ring is 1. The number of halogens is 1. The Bertz CT molecular complexity index is 638. The Kier molecular flexibility index (Phi) is 3.90. The van der Waals surface area contributed by atoms with E-state index >= 15 is 0 Å². The van der Waals surface area contributed by atoms with Crippen LogP contribution < -0.4 is 11.1 Å². The predicted molar refractivity (Wildman–Crippen MR) is 83.0 cm³/mol. The number of Topliss-reactive ketones (excluding diaryl/α,β-unsaturated/α-hetero) is 1. The molecular formula is C15H15BrN2O. The summed E-state index contributed by atoms with van der Waals surface area (Å²) in [5, 5.41) is 3.28. The fourth-order valence-corrected chi connectivity index (χ4v) is 2.20. The van der Waals surface area contributed by atoms with E-state index in [1.165, 1.54) is 12.5 Å². The average Bonchev–Trinajstić information content (AvgIpc) is 2.33. The summed E-state index contributed by atoms with van der Waals surface area (Å²) in [7, 11) is 0. The number of hydrogen-bond acceptors (Lipinski definition) is 3. The Morgan fingerprint density at radius 1 is 1.21 bits per heavy atom. The quantitative estimate of drug-likeness (QED) is 0.655. The standard InChI is InChI=1S/C15H15BrN2O/c1-9-3-6-13(16)15(7-9)18-11-4-5-12(10(2)19)14(17)8-11/h3-8,18H,17H2,1-2H3. The van der Waals surface area contributed by atoms with Crippen LogP contribution in [-0.4, -0.2) is 5.78 Å². The molecule has 0 aliphatic heterocycles. The predicted octanol–water partition coefficient (Wildman–Crippen LogP) is 4.29. The van der Waals surface area contributed by atoms with Crippen molar-refractivity contribution in [1.82, 2.24) is 0 Å². The number of carbonyl (C=O) groups is 1. The summed E-state index contributed by atoms with van der Waals surface area (Å²) in [5.41, 5.74) is 9.90. The fourth-order valence-electron chi connectivity index (χ4n) is 1.85. The van der Waals surface area contributed by atoms with Gasteiger partial charge in [0.15, 0.2) is 5.78 Å². The minimum absolute atomic E-state index is 0.0270. The number of benzene rings is 2. The summed E-state index contributed by atoms with van der Waals surface area (Å²) in [4.78, 5) is 11.3. The molecule has 0 aliphatic carbocycles. The molecule has 0 aromatic heterocycles. The number of nitrogens with two attached hydrogens (primary N) is 1. The van der Waals surface area contributed by atoms with Crippen molar-refractivity contribution in [2.45, 2.75) is 13.8 Å². The van der Waals surface area contributed by atoms with Crippen LogP contribution in [-0.2, 0) is 0 Å². The number of rotatable bonds is 3. The van der Waals surface area contributed by atoms with Gasteiger partial charge in [-0.15, -0.1) is 0 Å². The maximum atomic E-state index is 11.3. The van der Waals surface area contributed by atoms with E-state index in [0.29, 0.717) is 11.3 Å². The zero-order valence-electron chi connectivity index (χ0n) is 10.8. The summed E-state index contributed by atoms with van der Waals surface area (Å²) in [5.74, 6) is -0.0270. The Labute approximate surface area is 121 Å². The molecule has 0 bridgehead atoms. The van der Waals surface area contributed by atoms with Gasteiger partial charge >= 0.3 is 0 Å². The zero-order chi connectivity index (χ0) is 14.0. The molecule has 0 atom stereocenters. The van der Waals surface area contributed by atoms with Crippen LogP contribution >= 0.6 is 15.9 Å². The SMILES string of the molecule is CC(=O)c1ccc(Nc2cc(C)ccc2Br)cc1N. The van der Waals surface area contributed by atoms with Crippen LogP contribution in [0.15, 0.2) is 40.9 Å². The van der Waals surface area contributed by atoms with Crippen LogP contribution in [0.1, 0.15) is 22.8 Å². The average molecular weight is 319 g/mol. The second-order valence-electron chi connectivity index (χ2n) is 4.47. The molecule has 3 nitrogen and oxygen atoms in total. The summed E-state index contributed by atoms with van der Waals surface area (Å²) in [6.45, 7) is 3.54. The van der Waals surface area contributed by atoms with Gasteiger partial charge in [-0.05, 0) is 65.7 Å². The number of carbonyl (C=O) groups excluding carboxylic acids is 1. The highest BCUT2D eigenvalue weighted by atomic mass is 79.9. The van der Waals surface area contributed by atoms with Gasteiger partial charge in [-0.3, -0.25) is 4.79 Å². The lowest BCUT2D eigenvalue weighted by Crippen LogP contribution is -2.01. The molecule has 0 aliphatic rings. The molecule has 0 radical (unpaired) electrons. The lowest BCUT2D eigenvalue weighted by molar-refractivity contribution is 0.101. The fraction of sp³-hybridized carbons (Fsp3) is 0.133. The van der Waals surface area contributed by atoms with Crippen molar-refractivity contribution in [3.8, 4) is 0 Å². The van der Waals surface area contributed by atoms with E-state index in [0.717, 1.165) is 15.8 Å². The molecule has 0 amide bonds. The molecule has 2 aromatic rings. The molecule has 0 heterocycles. The minimum atomic E-state index is -0.0270. The Balaban J connectivity index is 2.31. The number of aryl methyl sites for hydroxylation is 1. The third-order valence-electron chi connectivity index (χ3n) is 2.83. The number of ketones is 1. The van der Waals surface area contributed by atoms with E-state index in [9.17, 15) is 4.79 Å². The molecule has 0 saturated carbocycles. The second-order valence-corrected chi connectivity index (χ2v) is 5.32. The van der Waals surface area contributed by atoms with Gasteiger partial charge in [0, 0.05) is 21.4 Å². The van der Waals surface area contributed by atoms with E-state index in [1.54, 1.807) is 12.1 Å². The van der Waals surface area contributed by atoms with Crippen LogP contribution in [0.2, 0.25) is 0 Å². The van der Waals surface area contributed by atoms with Gasteiger partial charge < -0.3 is 11.1 Å². The van der Waals surface area contributed by atoms with E-state index in [4.69, 9.17) is 5.73 Å². The highest BCUT2D eigenvalue weighted by Crippen LogP contribution is 2.28. The van der Waals surface area contributed by atoms with Crippen molar-refractivity contribution in [3.63, 3.8) is 0 Å². The van der Waals surface area contributed by atoms with E-state index in [-0.39, 0.29) is 5.78 Å². The second kappa shape index (κ2) is 5.45. The van der Waals surface area contributed by atoms with Crippen LogP contribution in [0.3, 0.4) is 0 Å². The van der Waals surface area contributed by atoms with E-state index in [1.807, 2.05) is 31.2 Å². The summed E-state index contributed by atoms with van der Waals surface area (Å²) < 4.78 is 0.979. The first kappa shape index (κ1) is 13.6. The van der Waals surface area contributed by atoms with Gasteiger partial charge in [0.05, 0.1) is 5.69 Å². The molecular weight excluding hydrogens is 304 g/mol. The summed E-state index contributed by atoms with van der Waals surface area (Å²) >= 11 is 3.50. The monoisotopic (exact) mass is 318 g/mol. The number of anilines is 3. The van der Waals surface area contributed by atoms with Gasteiger partial charge in [0.25, 0.3) is 0 Å². The maximum Gasteiger partial charge on any atom is 0.161 e. The zero-order valence-corrected chi connectivity index (χ0v) is 12.4. The third-order valence-corrected chi connectivity index (χ3v) is 3.52. The summed E-state index contributed by atoms with van der Waals surface area (Å²) in [6, 6.07) is 11.4. The molecule has 0 spiro atoms. The Hall–Kier alpha value is -1.81. The van der Waals surface area contributed by atoms with Crippen molar-refractivity contribution in [1.29, 1.82) is 0 Å². The molecule has 3 N–H and O–H groups in total. The molecule has 0 saturated heterocycles. The van der Waals surface area contributed by atoms with Crippen LogP contribution in [0, 0.1) is 6.92 Å². The molecule has 2 aromatic carbocycles. The first-order chi connectivity index (χ1) is 8.97. The molecule has 4 heteroatoms. The lowest BCUT2D eigenvalue weighted by Gasteiger charge is -2.11. The molecule has 0 unspecified atom stereocenters. The smallest absolute Gasteiger partial charge is 0.161 e. The largest absolute Gasteiger partial charge is 0.398 e. The highest BCUT2D eigenvalue weighted by Gasteiger charge is 2.06. The van der Waals surface area contributed by atoms with Gasteiger partial charge in [-0.2, -0.15) is 0 Å². The van der Waals surface area contributed by atoms with E-state index in [2.05, 4.69) is 21.2 Å². The molecule has 2 rings (SSSR count). The van der Waals surface area contributed by atoms with Gasteiger partial charge in [-0.25, -0.2) is 0 Å². The Morgan fingerprint density at radius 2 is 1.95 bits per heavy atom. The van der Waals surface area contributed by atoms with Crippen LogP contribution in [0.5, 0.6) is 0 Å². The van der Waals surface area contributed by atoms with Crippen molar-refractivity contribution >= 4 is 38.8 Å². The number of hydrogen-bond donors (Lipinski definition) is 2. The minimum Gasteiger partial charge on any atom is -0.398 e. The van der Waals surface area contributed by atoms with Gasteiger partial charge in [0.1, 0.15) is 0 Å². The first-order valence-electron chi connectivity index (χ1n) is 5.91. The normalized spacial score (nSPS) is 10.3. The third kappa shape index (κ3) is 3.15. The van der Waals surface area contributed by atoms with Crippen molar-refractivity contribution in [3.05, 3.63) is 52.0 Å². The van der Waals surface area contributed by atoms with Crippen LogP contribution in [0.4, 0.5) is 17.1 Å². The lowest BCUT2D eigenvalue weighted by atomic mass is 10.1.